The molecule has 0 saturated heterocycles. The number of amides is 2. The van der Waals surface area contributed by atoms with Crippen molar-refractivity contribution in [3.05, 3.63) is 51.4 Å². The monoisotopic (exact) mass is 592 g/mol. The van der Waals surface area contributed by atoms with Gasteiger partial charge in [-0.15, -0.1) is 5.10 Å². The Balaban J connectivity index is 1.82. The molecule has 0 saturated carbocycles. The molecule has 1 aliphatic rings. The fourth-order valence-electron chi connectivity index (χ4n) is 5.31. The van der Waals surface area contributed by atoms with Crippen LogP contribution in [0, 0.1) is 5.92 Å². The first-order chi connectivity index (χ1) is 20.5. The molecule has 230 valence electrons. The van der Waals surface area contributed by atoms with Crippen molar-refractivity contribution in [1.82, 2.24) is 20.5 Å². The summed E-state index contributed by atoms with van der Waals surface area (Å²) < 4.78 is 17.1. The minimum absolute atomic E-state index is 0.117. The van der Waals surface area contributed by atoms with Crippen molar-refractivity contribution in [1.29, 1.82) is 0 Å². The van der Waals surface area contributed by atoms with E-state index in [1.807, 2.05) is 39.8 Å². The first-order valence-electron chi connectivity index (χ1n) is 14.3. The Kier molecular flexibility index (Phi) is 9.57. The van der Waals surface area contributed by atoms with Gasteiger partial charge in [0.1, 0.15) is 11.9 Å². The molecule has 12 nitrogen and oxygen atoms in total. The van der Waals surface area contributed by atoms with Crippen LogP contribution in [0.3, 0.4) is 0 Å². The van der Waals surface area contributed by atoms with Gasteiger partial charge in [-0.1, -0.05) is 33.8 Å². The quantitative estimate of drug-likeness (QED) is 0.271. The van der Waals surface area contributed by atoms with E-state index in [1.165, 1.54) is 20.1 Å². The number of nitrogens with zero attached hydrogens (tertiary/aromatic N) is 2. The molecule has 4 rings (SSSR count). The van der Waals surface area contributed by atoms with E-state index < -0.39 is 12.1 Å². The van der Waals surface area contributed by atoms with Gasteiger partial charge in [-0.25, -0.2) is 0 Å². The molecule has 1 heterocycles. The van der Waals surface area contributed by atoms with Crippen molar-refractivity contribution in [2.75, 3.05) is 32.0 Å². The minimum atomic E-state index is -0.770. The van der Waals surface area contributed by atoms with Crippen LogP contribution in [-0.2, 0) is 16.0 Å². The number of hydrogen-bond donors (Lipinski definition) is 4. The van der Waals surface area contributed by atoms with E-state index in [9.17, 15) is 14.4 Å². The molecule has 2 unspecified atom stereocenters. The predicted octanol–water partition coefficient (Wildman–Crippen LogP) is 4.18. The van der Waals surface area contributed by atoms with Gasteiger partial charge in [0.25, 0.3) is 0 Å². The molecule has 43 heavy (non-hydrogen) atoms. The van der Waals surface area contributed by atoms with E-state index in [-0.39, 0.29) is 40.7 Å². The van der Waals surface area contributed by atoms with Gasteiger partial charge >= 0.3 is 0 Å². The highest BCUT2D eigenvalue weighted by atomic mass is 16.5. The van der Waals surface area contributed by atoms with Crippen molar-refractivity contribution in [3.8, 4) is 28.4 Å². The Labute approximate surface area is 250 Å². The molecule has 3 aromatic rings. The summed E-state index contributed by atoms with van der Waals surface area (Å²) in [6, 6.07) is 5.67. The number of hydrogen-bond acceptors (Lipinski definition) is 9. The minimum Gasteiger partial charge on any atom is -0.493 e. The highest BCUT2D eigenvalue weighted by Crippen LogP contribution is 2.50. The molecule has 1 aliphatic carbocycles. The topological polar surface area (TPSA) is 157 Å². The number of carbonyl (C=O) groups excluding carboxylic acids is 2. The lowest BCUT2D eigenvalue weighted by Crippen LogP contribution is -2.40. The van der Waals surface area contributed by atoms with E-state index in [2.05, 4.69) is 31.1 Å². The molecule has 4 N–H and O–H groups in total. The van der Waals surface area contributed by atoms with Crippen LogP contribution < -0.4 is 35.6 Å². The Morgan fingerprint density at radius 2 is 1.74 bits per heavy atom. The molecule has 12 heteroatoms. The van der Waals surface area contributed by atoms with Crippen molar-refractivity contribution in [3.63, 3.8) is 0 Å². The van der Waals surface area contributed by atoms with Gasteiger partial charge in [-0.3, -0.25) is 24.8 Å². The first kappa shape index (κ1) is 31.3. The van der Waals surface area contributed by atoms with E-state index >= 15 is 0 Å². The van der Waals surface area contributed by atoms with Gasteiger partial charge in [0.2, 0.25) is 28.9 Å². The lowest BCUT2D eigenvalue weighted by molar-refractivity contribution is -0.120. The Morgan fingerprint density at radius 1 is 1.02 bits per heavy atom. The number of H-pyrrole nitrogens is 1. The second kappa shape index (κ2) is 13.1. The molecule has 0 aliphatic heterocycles. The highest BCUT2D eigenvalue weighted by Gasteiger charge is 2.30. The van der Waals surface area contributed by atoms with E-state index in [4.69, 9.17) is 14.2 Å². The zero-order valence-electron chi connectivity index (χ0n) is 25.9. The third kappa shape index (κ3) is 6.58. The molecular weight excluding hydrogens is 552 g/mol. The molecule has 0 spiro atoms. The third-order valence-electron chi connectivity index (χ3n) is 7.46. The molecular formula is C31H40N6O6. The Hall–Kier alpha value is -4.61. The van der Waals surface area contributed by atoms with E-state index in [0.717, 1.165) is 11.1 Å². The van der Waals surface area contributed by atoms with Crippen molar-refractivity contribution >= 4 is 23.5 Å². The largest absolute Gasteiger partial charge is 0.493 e. The van der Waals surface area contributed by atoms with Crippen LogP contribution in [-0.4, -0.2) is 54.4 Å². The Morgan fingerprint density at radius 3 is 2.33 bits per heavy atom. The number of anilines is 2. The van der Waals surface area contributed by atoms with Crippen molar-refractivity contribution in [2.45, 2.75) is 65.5 Å². The molecule has 1 aromatic heterocycles. The summed E-state index contributed by atoms with van der Waals surface area (Å²) in [6.45, 7) is 9.14. The summed E-state index contributed by atoms with van der Waals surface area (Å²) in [4.78, 5) is 43.6. The molecule has 2 amide bonds. The summed E-state index contributed by atoms with van der Waals surface area (Å²) in [5, 5.41) is 15.8. The number of aryl methyl sites for hydroxylation is 1. The maximum Gasteiger partial charge on any atom is 0.249 e. The number of methoxy groups -OCH3 is 3. The van der Waals surface area contributed by atoms with Gasteiger partial charge in [-0.05, 0) is 53.6 Å². The molecule has 0 radical (unpaired) electrons. The zero-order valence-corrected chi connectivity index (χ0v) is 25.9. The van der Waals surface area contributed by atoms with Crippen molar-refractivity contribution < 1.29 is 23.8 Å². The van der Waals surface area contributed by atoms with E-state index in [1.54, 1.807) is 20.3 Å². The summed E-state index contributed by atoms with van der Waals surface area (Å²) in [6.07, 6.45) is 1.13. The number of nitrogens with one attached hydrogen (secondary N) is 4. The van der Waals surface area contributed by atoms with Gasteiger partial charge in [0.15, 0.2) is 11.5 Å². The zero-order chi connectivity index (χ0) is 31.4. The number of ether oxygens (including phenoxy) is 3. The molecule has 0 fully saturated rings. The molecule has 2 atom stereocenters. The second-order valence-corrected chi connectivity index (χ2v) is 11.2. The lowest BCUT2D eigenvalue weighted by atomic mass is 9.95. The molecule has 0 bridgehead atoms. The fraction of sp³-hybridized carbons (Fsp3) is 0.452. The smallest absolute Gasteiger partial charge is 0.249 e. The van der Waals surface area contributed by atoms with Crippen LogP contribution in [0.1, 0.15) is 70.0 Å². The predicted molar refractivity (Wildman–Crippen MR) is 164 cm³/mol. The normalized spacial score (nSPS) is 14.7. The fourth-order valence-corrected chi connectivity index (χ4v) is 5.31. The van der Waals surface area contributed by atoms with Gasteiger partial charge < -0.3 is 24.8 Å². The number of rotatable bonds is 10. The second-order valence-electron chi connectivity index (χ2n) is 11.2. The maximum atomic E-state index is 13.7. The average molecular weight is 593 g/mol. The standard InChI is InChI=1S/C31H40N6O6/c1-15(2)26(30(40)35-31-34-29(16(3)4)36-37-31)33-22-12-10-19-20(14-23(22)39)21(32-17(5)38)11-9-18-13-24(41-6)27(42-7)28(43-8)25(18)19/h10,12-16,21,26H,9,11H2,1-8H3,(H,32,38)(H,33,39)(H2,34,35,36,37,40). The summed E-state index contributed by atoms with van der Waals surface area (Å²) in [5.74, 6) is 1.55. The summed E-state index contributed by atoms with van der Waals surface area (Å²) in [7, 11) is 4.64. The first-order valence-corrected chi connectivity index (χ1v) is 14.3. The van der Waals surface area contributed by atoms with Crippen molar-refractivity contribution in [2.24, 2.45) is 5.92 Å². The third-order valence-corrected chi connectivity index (χ3v) is 7.46. The SMILES string of the molecule is COc1cc2c(c(OC)c1OC)-c1ccc(NC(C(=O)Nc3n[nH]c(C(C)C)n3)C(C)C)c(=O)cc1C(NC(C)=O)CC2. The van der Waals surface area contributed by atoms with Crippen LogP contribution >= 0.6 is 0 Å². The Bertz CT molecular complexity index is 1570. The van der Waals surface area contributed by atoms with Crippen LogP contribution in [0.4, 0.5) is 11.6 Å². The lowest BCUT2D eigenvalue weighted by Gasteiger charge is -2.21. The van der Waals surface area contributed by atoms with Gasteiger partial charge in [0.05, 0.1) is 33.1 Å². The van der Waals surface area contributed by atoms with Crippen LogP contribution in [0.2, 0.25) is 0 Å². The summed E-state index contributed by atoms with van der Waals surface area (Å²) in [5.41, 5.74) is 2.88. The number of aromatic nitrogens is 3. The number of fused-ring (bicyclic) bond motifs is 3. The highest BCUT2D eigenvalue weighted by molar-refractivity contribution is 5.95. The van der Waals surface area contributed by atoms with Crippen LogP contribution in [0.5, 0.6) is 17.2 Å². The van der Waals surface area contributed by atoms with E-state index in [0.29, 0.717) is 47.0 Å². The molecule has 2 aromatic carbocycles. The van der Waals surface area contributed by atoms with Crippen LogP contribution in [0.25, 0.3) is 11.1 Å². The van der Waals surface area contributed by atoms with Gasteiger partial charge in [-0.2, -0.15) is 4.98 Å². The van der Waals surface area contributed by atoms with Crippen LogP contribution in [0.15, 0.2) is 29.1 Å². The number of aromatic amines is 1. The maximum absolute atomic E-state index is 13.7. The van der Waals surface area contributed by atoms with Gasteiger partial charge in [0, 0.05) is 18.4 Å². The number of carbonyl (C=O) groups is 2. The average Bonchev–Trinajstić information content (AvgIpc) is 3.31. The number of benzene rings is 1. The summed E-state index contributed by atoms with van der Waals surface area (Å²) >= 11 is 0.